The van der Waals surface area contributed by atoms with Crippen molar-refractivity contribution in [2.75, 3.05) is 11.9 Å². The van der Waals surface area contributed by atoms with Crippen molar-refractivity contribution >= 4 is 17.3 Å². The van der Waals surface area contributed by atoms with Crippen LogP contribution >= 0.6 is 11.6 Å². The predicted molar refractivity (Wildman–Crippen MR) is 79.4 cm³/mol. The van der Waals surface area contributed by atoms with Gasteiger partial charge in [0.25, 0.3) is 0 Å². The highest BCUT2D eigenvalue weighted by molar-refractivity contribution is 6.30. The lowest BCUT2D eigenvalue weighted by Crippen LogP contribution is -2.22. The van der Waals surface area contributed by atoms with Crippen LogP contribution in [-0.2, 0) is 0 Å². The number of hydrogen-bond acceptors (Lipinski definition) is 2. The van der Waals surface area contributed by atoms with Crippen LogP contribution in [0.5, 0.6) is 0 Å². The monoisotopic (exact) mass is 288 g/mol. The Labute approximate surface area is 123 Å². The summed E-state index contributed by atoms with van der Waals surface area (Å²) in [6, 6.07) is 13.8. The van der Waals surface area contributed by atoms with E-state index in [9.17, 15) is 4.39 Å². The van der Waals surface area contributed by atoms with E-state index in [1.54, 1.807) is 6.07 Å². The van der Waals surface area contributed by atoms with Crippen molar-refractivity contribution in [3.8, 4) is 6.07 Å². The van der Waals surface area contributed by atoms with Crippen LogP contribution in [0, 0.1) is 17.1 Å². The third-order valence-electron chi connectivity index (χ3n) is 3.37. The first-order chi connectivity index (χ1) is 9.52. The SMILES string of the molecule is CC(c1cccc(Cl)c1)N(C)c1ccc(F)cc1C#N. The number of nitriles is 1. The molecule has 0 fully saturated rings. The predicted octanol–water partition coefficient (Wildman–Crippen LogP) is 4.55. The summed E-state index contributed by atoms with van der Waals surface area (Å²) >= 11 is 6.00. The second kappa shape index (κ2) is 5.94. The molecule has 2 nitrogen and oxygen atoms in total. The second-order valence-corrected chi connectivity index (χ2v) is 5.05. The molecule has 1 atom stereocenters. The fourth-order valence-corrected chi connectivity index (χ4v) is 2.30. The van der Waals surface area contributed by atoms with Gasteiger partial charge in [0, 0.05) is 12.1 Å². The number of hydrogen-bond donors (Lipinski definition) is 0. The molecule has 2 aromatic rings. The lowest BCUT2D eigenvalue weighted by atomic mass is 10.1. The number of nitrogens with zero attached hydrogens (tertiary/aromatic N) is 2. The van der Waals surface area contributed by atoms with E-state index in [0.717, 1.165) is 5.56 Å². The van der Waals surface area contributed by atoms with Crippen molar-refractivity contribution in [1.29, 1.82) is 5.26 Å². The zero-order valence-electron chi connectivity index (χ0n) is 11.3. The summed E-state index contributed by atoms with van der Waals surface area (Å²) in [5, 5.41) is 9.79. The Balaban J connectivity index is 2.36. The van der Waals surface area contributed by atoms with Crippen LogP contribution in [0.2, 0.25) is 5.02 Å². The van der Waals surface area contributed by atoms with Gasteiger partial charge in [0.15, 0.2) is 0 Å². The maximum absolute atomic E-state index is 13.2. The summed E-state index contributed by atoms with van der Waals surface area (Å²) in [4.78, 5) is 1.93. The van der Waals surface area contributed by atoms with Gasteiger partial charge in [-0.05, 0) is 42.8 Å². The molecule has 0 amide bonds. The molecule has 102 valence electrons. The number of halogens is 2. The third kappa shape index (κ3) is 2.92. The van der Waals surface area contributed by atoms with Gasteiger partial charge in [0.2, 0.25) is 0 Å². The summed E-state index contributed by atoms with van der Waals surface area (Å²) in [7, 11) is 1.87. The van der Waals surface area contributed by atoms with Crippen LogP contribution in [0.15, 0.2) is 42.5 Å². The van der Waals surface area contributed by atoms with Gasteiger partial charge in [0.1, 0.15) is 11.9 Å². The van der Waals surface area contributed by atoms with Crippen molar-refractivity contribution in [3.63, 3.8) is 0 Å². The molecule has 0 radical (unpaired) electrons. The summed E-state index contributed by atoms with van der Waals surface area (Å²) in [6.07, 6.45) is 0. The Morgan fingerprint density at radius 2 is 2.00 bits per heavy atom. The molecule has 0 spiro atoms. The number of rotatable bonds is 3. The molecule has 0 saturated carbocycles. The van der Waals surface area contributed by atoms with Gasteiger partial charge in [-0.3, -0.25) is 0 Å². The molecule has 0 bridgehead atoms. The van der Waals surface area contributed by atoms with Crippen LogP contribution in [-0.4, -0.2) is 7.05 Å². The zero-order chi connectivity index (χ0) is 14.7. The minimum atomic E-state index is -0.408. The van der Waals surface area contributed by atoms with E-state index < -0.39 is 5.82 Å². The minimum Gasteiger partial charge on any atom is -0.367 e. The van der Waals surface area contributed by atoms with E-state index in [-0.39, 0.29) is 6.04 Å². The molecule has 20 heavy (non-hydrogen) atoms. The number of benzene rings is 2. The number of anilines is 1. The highest BCUT2D eigenvalue weighted by Crippen LogP contribution is 2.29. The van der Waals surface area contributed by atoms with Crippen molar-refractivity contribution < 1.29 is 4.39 Å². The molecule has 2 aromatic carbocycles. The van der Waals surface area contributed by atoms with Crippen LogP contribution in [0.4, 0.5) is 10.1 Å². The fraction of sp³-hybridized carbons (Fsp3) is 0.188. The van der Waals surface area contributed by atoms with Crippen molar-refractivity contribution in [2.24, 2.45) is 0 Å². The molecule has 2 rings (SSSR count). The van der Waals surface area contributed by atoms with Crippen molar-refractivity contribution in [3.05, 3.63) is 64.4 Å². The van der Waals surface area contributed by atoms with Gasteiger partial charge in [0.05, 0.1) is 17.3 Å². The molecule has 4 heteroatoms. The highest BCUT2D eigenvalue weighted by atomic mass is 35.5. The van der Waals surface area contributed by atoms with Gasteiger partial charge in [-0.1, -0.05) is 23.7 Å². The second-order valence-electron chi connectivity index (χ2n) is 4.62. The Hall–Kier alpha value is -2.05. The summed E-state index contributed by atoms with van der Waals surface area (Å²) in [5.74, 6) is -0.408. The first-order valence-corrected chi connectivity index (χ1v) is 6.58. The molecule has 0 aromatic heterocycles. The molecule has 0 aliphatic rings. The Morgan fingerprint density at radius 1 is 1.25 bits per heavy atom. The quantitative estimate of drug-likeness (QED) is 0.828. The van der Waals surface area contributed by atoms with Gasteiger partial charge in [-0.15, -0.1) is 0 Å². The van der Waals surface area contributed by atoms with E-state index in [4.69, 9.17) is 16.9 Å². The molecule has 0 aliphatic carbocycles. The molecule has 0 heterocycles. The molecule has 1 unspecified atom stereocenters. The maximum Gasteiger partial charge on any atom is 0.124 e. The molecule has 0 saturated heterocycles. The van der Waals surface area contributed by atoms with Gasteiger partial charge in [-0.25, -0.2) is 4.39 Å². The standard InChI is InChI=1S/C16H14ClFN2/c1-11(12-4-3-5-14(17)8-12)20(2)16-7-6-15(18)9-13(16)10-19/h3-9,11H,1-2H3. The normalized spacial score (nSPS) is 11.8. The average Bonchev–Trinajstić information content (AvgIpc) is 2.45. The van der Waals surface area contributed by atoms with Crippen molar-refractivity contribution in [1.82, 2.24) is 0 Å². The fourth-order valence-electron chi connectivity index (χ4n) is 2.10. The summed E-state index contributed by atoms with van der Waals surface area (Å²) in [5.41, 5.74) is 2.05. The lowest BCUT2D eigenvalue weighted by Gasteiger charge is -2.28. The van der Waals surface area contributed by atoms with E-state index in [1.807, 2.05) is 49.2 Å². The highest BCUT2D eigenvalue weighted by Gasteiger charge is 2.16. The van der Waals surface area contributed by atoms with E-state index in [2.05, 4.69) is 0 Å². The van der Waals surface area contributed by atoms with Crippen LogP contribution < -0.4 is 4.90 Å². The Bertz CT molecular complexity index is 664. The summed E-state index contributed by atoms with van der Waals surface area (Å²) < 4.78 is 13.2. The Kier molecular flexibility index (Phi) is 4.26. The van der Waals surface area contributed by atoms with Crippen LogP contribution in [0.3, 0.4) is 0 Å². The molecular weight excluding hydrogens is 275 g/mol. The molecule has 0 N–H and O–H groups in total. The smallest absolute Gasteiger partial charge is 0.124 e. The lowest BCUT2D eigenvalue weighted by molar-refractivity contribution is 0.626. The van der Waals surface area contributed by atoms with Crippen LogP contribution in [0.1, 0.15) is 24.1 Å². The topological polar surface area (TPSA) is 27.0 Å². The van der Waals surface area contributed by atoms with Gasteiger partial charge in [-0.2, -0.15) is 5.26 Å². The molecule has 0 aliphatic heterocycles. The average molecular weight is 289 g/mol. The Morgan fingerprint density at radius 3 is 2.65 bits per heavy atom. The molecular formula is C16H14ClFN2. The van der Waals surface area contributed by atoms with E-state index in [0.29, 0.717) is 16.3 Å². The maximum atomic E-state index is 13.2. The van der Waals surface area contributed by atoms with Crippen LogP contribution in [0.25, 0.3) is 0 Å². The third-order valence-corrected chi connectivity index (χ3v) is 3.61. The van der Waals surface area contributed by atoms with Gasteiger partial charge >= 0.3 is 0 Å². The zero-order valence-corrected chi connectivity index (χ0v) is 12.0. The minimum absolute atomic E-state index is 0.0197. The first-order valence-electron chi connectivity index (χ1n) is 6.21. The summed E-state index contributed by atoms with van der Waals surface area (Å²) in [6.45, 7) is 2.01. The van der Waals surface area contributed by atoms with E-state index >= 15 is 0 Å². The van der Waals surface area contributed by atoms with Crippen molar-refractivity contribution in [2.45, 2.75) is 13.0 Å². The largest absolute Gasteiger partial charge is 0.367 e. The van der Waals surface area contributed by atoms with E-state index in [1.165, 1.54) is 12.1 Å². The van der Waals surface area contributed by atoms with Gasteiger partial charge < -0.3 is 4.90 Å². The first kappa shape index (κ1) is 14.4.